The number of halogens is 1. The quantitative estimate of drug-likeness (QED) is 0.613. The van der Waals surface area contributed by atoms with Crippen LogP contribution < -0.4 is 15.5 Å². The van der Waals surface area contributed by atoms with E-state index in [2.05, 4.69) is 36.6 Å². The normalized spacial score (nSPS) is 10.7. The van der Waals surface area contributed by atoms with E-state index in [0.717, 1.165) is 25.2 Å². The number of nitrogens with one attached hydrogen (secondary N) is 3. The second-order valence-electron chi connectivity index (χ2n) is 6.42. The molecule has 0 heterocycles. The second-order valence-corrected chi connectivity index (χ2v) is 6.85. The van der Waals surface area contributed by atoms with Crippen LogP contribution in [-0.4, -0.2) is 31.4 Å². The third-order valence-corrected chi connectivity index (χ3v) is 4.73. The van der Waals surface area contributed by atoms with Crippen LogP contribution in [-0.2, 0) is 17.9 Å². The Balaban J connectivity index is 1.75. The van der Waals surface area contributed by atoms with Crippen LogP contribution in [0.3, 0.4) is 0 Å². The van der Waals surface area contributed by atoms with Crippen LogP contribution in [0.15, 0.2) is 48.5 Å². The predicted molar refractivity (Wildman–Crippen MR) is 108 cm³/mol. The minimum atomic E-state index is -0.301. The Kier molecular flexibility index (Phi) is 8.30. The number of rotatable bonds is 9. The van der Waals surface area contributed by atoms with Crippen molar-refractivity contribution >= 4 is 23.4 Å². The van der Waals surface area contributed by atoms with Gasteiger partial charge in [0.05, 0.1) is 19.6 Å². The highest BCUT2D eigenvalue weighted by atomic mass is 35.5. The molecule has 0 aliphatic carbocycles. The lowest BCUT2D eigenvalue weighted by Gasteiger charge is -2.15. The smallest absolute Gasteiger partial charge is 0.251 e. The molecule has 144 valence electrons. The lowest BCUT2D eigenvalue weighted by Crippen LogP contribution is -3.10. The lowest BCUT2D eigenvalue weighted by atomic mass is 10.1. The summed E-state index contributed by atoms with van der Waals surface area (Å²) < 4.78 is 0. The van der Waals surface area contributed by atoms with Crippen molar-refractivity contribution in [3.63, 3.8) is 0 Å². The van der Waals surface area contributed by atoms with Crippen molar-refractivity contribution in [3.8, 4) is 0 Å². The molecule has 2 amide bonds. The zero-order chi connectivity index (χ0) is 19.6. The number of carbonyl (C=O) groups is 2. The van der Waals surface area contributed by atoms with Gasteiger partial charge in [0.15, 0.2) is 0 Å². The van der Waals surface area contributed by atoms with Gasteiger partial charge in [-0.3, -0.25) is 9.59 Å². The molecular weight excluding hydrogens is 362 g/mol. The highest BCUT2D eigenvalue weighted by Gasteiger charge is 2.08. The Morgan fingerprint density at radius 3 is 2.07 bits per heavy atom. The van der Waals surface area contributed by atoms with Gasteiger partial charge in [0, 0.05) is 22.7 Å². The first kappa shape index (κ1) is 20.9. The molecule has 2 rings (SSSR count). The fraction of sp³-hybridized carbons (Fsp3) is 0.333. The zero-order valence-corrected chi connectivity index (χ0v) is 16.6. The number of carbonyl (C=O) groups excluding carboxylic acids is 2. The Morgan fingerprint density at radius 2 is 1.48 bits per heavy atom. The van der Waals surface area contributed by atoms with E-state index in [1.807, 2.05) is 12.1 Å². The van der Waals surface area contributed by atoms with E-state index in [1.54, 1.807) is 24.3 Å². The van der Waals surface area contributed by atoms with Crippen molar-refractivity contribution in [2.75, 3.05) is 19.6 Å². The first-order valence-corrected chi connectivity index (χ1v) is 9.61. The maximum Gasteiger partial charge on any atom is 0.251 e. The Morgan fingerprint density at radius 1 is 0.889 bits per heavy atom. The summed E-state index contributed by atoms with van der Waals surface area (Å²) in [6, 6.07) is 14.8. The monoisotopic (exact) mass is 388 g/mol. The molecule has 27 heavy (non-hydrogen) atoms. The van der Waals surface area contributed by atoms with E-state index < -0.39 is 0 Å². The van der Waals surface area contributed by atoms with E-state index in [9.17, 15) is 9.59 Å². The molecule has 0 spiro atoms. The fourth-order valence-electron chi connectivity index (χ4n) is 2.69. The molecule has 0 saturated carbocycles. The van der Waals surface area contributed by atoms with E-state index in [-0.39, 0.29) is 18.4 Å². The van der Waals surface area contributed by atoms with Gasteiger partial charge < -0.3 is 15.5 Å². The topological polar surface area (TPSA) is 62.6 Å². The largest absolute Gasteiger partial charge is 0.350 e. The summed E-state index contributed by atoms with van der Waals surface area (Å²) in [7, 11) is 0. The van der Waals surface area contributed by atoms with Crippen LogP contribution in [0.25, 0.3) is 0 Å². The molecule has 0 unspecified atom stereocenters. The first-order valence-electron chi connectivity index (χ1n) is 9.23. The molecule has 0 radical (unpaired) electrons. The second kappa shape index (κ2) is 10.7. The van der Waals surface area contributed by atoms with Crippen LogP contribution >= 0.6 is 11.6 Å². The first-order chi connectivity index (χ1) is 13.0. The molecule has 2 aromatic carbocycles. The average molecular weight is 389 g/mol. The summed E-state index contributed by atoms with van der Waals surface area (Å²) in [6.45, 7) is 7.98. The number of amides is 2. The predicted octanol–water partition coefficient (Wildman–Crippen LogP) is 1.81. The van der Waals surface area contributed by atoms with Crippen LogP contribution in [0.4, 0.5) is 0 Å². The van der Waals surface area contributed by atoms with Gasteiger partial charge in [-0.1, -0.05) is 35.9 Å². The molecule has 0 fully saturated rings. The standard InChI is InChI=1S/C21H26ClN3O2/c1-3-25(4-2)15-17-7-5-16(6-8-17)13-23-20(26)14-24-21(27)18-9-11-19(22)12-10-18/h5-12H,3-4,13-15H2,1-2H3,(H,23,26)(H,24,27)/p+1. The molecule has 0 bridgehead atoms. The van der Waals surface area contributed by atoms with Gasteiger partial charge in [-0.25, -0.2) is 0 Å². The van der Waals surface area contributed by atoms with E-state index in [4.69, 9.17) is 11.6 Å². The molecule has 0 atom stereocenters. The number of quaternary nitrogens is 1. The Bertz CT molecular complexity index is 741. The fourth-order valence-corrected chi connectivity index (χ4v) is 2.82. The van der Waals surface area contributed by atoms with Gasteiger partial charge in [0.1, 0.15) is 6.54 Å². The molecule has 0 saturated heterocycles. The summed E-state index contributed by atoms with van der Waals surface area (Å²) in [5.74, 6) is -0.529. The molecule has 2 aromatic rings. The van der Waals surface area contributed by atoms with Crippen LogP contribution in [0.2, 0.25) is 5.02 Å². The van der Waals surface area contributed by atoms with Crippen molar-refractivity contribution in [1.29, 1.82) is 0 Å². The van der Waals surface area contributed by atoms with Crippen LogP contribution in [0.1, 0.15) is 35.3 Å². The summed E-state index contributed by atoms with van der Waals surface area (Å²) in [4.78, 5) is 25.5. The SMILES string of the molecule is CC[NH+](CC)Cc1ccc(CNC(=O)CNC(=O)c2ccc(Cl)cc2)cc1. The van der Waals surface area contributed by atoms with Crippen LogP contribution in [0.5, 0.6) is 0 Å². The van der Waals surface area contributed by atoms with Gasteiger partial charge in [-0.15, -0.1) is 0 Å². The zero-order valence-electron chi connectivity index (χ0n) is 15.8. The average Bonchev–Trinajstić information content (AvgIpc) is 2.70. The summed E-state index contributed by atoms with van der Waals surface area (Å²) >= 11 is 5.80. The number of benzene rings is 2. The molecule has 6 heteroatoms. The van der Waals surface area contributed by atoms with Crippen molar-refractivity contribution in [2.45, 2.75) is 26.9 Å². The highest BCUT2D eigenvalue weighted by Crippen LogP contribution is 2.09. The van der Waals surface area contributed by atoms with Gasteiger partial charge in [-0.2, -0.15) is 0 Å². The lowest BCUT2D eigenvalue weighted by molar-refractivity contribution is -0.910. The highest BCUT2D eigenvalue weighted by molar-refractivity contribution is 6.30. The molecule has 0 aromatic heterocycles. The maximum absolute atomic E-state index is 12.0. The van der Waals surface area contributed by atoms with E-state index in [1.165, 1.54) is 10.5 Å². The molecule has 3 N–H and O–H groups in total. The van der Waals surface area contributed by atoms with Crippen molar-refractivity contribution < 1.29 is 14.5 Å². The van der Waals surface area contributed by atoms with Gasteiger partial charge in [0.25, 0.3) is 5.91 Å². The summed E-state index contributed by atoms with van der Waals surface area (Å²) in [6.07, 6.45) is 0. The molecule has 0 aliphatic rings. The Labute approximate surface area is 165 Å². The van der Waals surface area contributed by atoms with Crippen molar-refractivity contribution in [1.82, 2.24) is 10.6 Å². The molecule has 5 nitrogen and oxygen atoms in total. The van der Waals surface area contributed by atoms with E-state index >= 15 is 0 Å². The summed E-state index contributed by atoms with van der Waals surface area (Å²) in [5.41, 5.74) is 2.79. The molecule has 0 aliphatic heterocycles. The molecular formula is C21H27ClN3O2+. The summed E-state index contributed by atoms with van der Waals surface area (Å²) in [5, 5.41) is 5.98. The third kappa shape index (κ3) is 7.04. The van der Waals surface area contributed by atoms with Gasteiger partial charge in [-0.05, 0) is 43.7 Å². The number of hydrogen-bond donors (Lipinski definition) is 3. The minimum Gasteiger partial charge on any atom is -0.350 e. The minimum absolute atomic E-state index is 0.0646. The van der Waals surface area contributed by atoms with Gasteiger partial charge >= 0.3 is 0 Å². The number of hydrogen-bond acceptors (Lipinski definition) is 2. The van der Waals surface area contributed by atoms with Gasteiger partial charge in [0.2, 0.25) is 5.91 Å². The third-order valence-electron chi connectivity index (χ3n) is 4.48. The van der Waals surface area contributed by atoms with Crippen molar-refractivity contribution in [2.24, 2.45) is 0 Å². The Hall–Kier alpha value is -2.37. The van der Waals surface area contributed by atoms with Crippen LogP contribution in [0, 0.1) is 0 Å². The van der Waals surface area contributed by atoms with Crippen molar-refractivity contribution in [3.05, 3.63) is 70.2 Å². The maximum atomic E-state index is 12.0. The van der Waals surface area contributed by atoms with E-state index in [0.29, 0.717) is 17.1 Å².